The zero-order valence-corrected chi connectivity index (χ0v) is 14.9. The largest absolute Gasteiger partial charge is 0.326 e. The summed E-state index contributed by atoms with van der Waals surface area (Å²) < 4.78 is 0. The average molecular weight is 336 g/mol. The molecule has 122 valence electrons. The summed E-state index contributed by atoms with van der Waals surface area (Å²) in [6.45, 7) is 6.33. The van der Waals surface area contributed by atoms with E-state index in [4.69, 9.17) is 0 Å². The molecule has 0 radical (unpaired) electrons. The van der Waals surface area contributed by atoms with Gasteiger partial charge in [-0.3, -0.25) is 4.79 Å². The average Bonchev–Trinajstić information content (AvgIpc) is 3.00. The molecule has 1 amide bonds. The highest BCUT2D eigenvalue weighted by Crippen LogP contribution is 2.28. The summed E-state index contributed by atoms with van der Waals surface area (Å²) in [5, 5.41) is 5.76. The molecule has 0 saturated carbocycles. The molecule has 0 spiro atoms. The molecule has 3 rings (SSSR count). The van der Waals surface area contributed by atoms with E-state index < -0.39 is 0 Å². The second-order valence-corrected chi connectivity index (χ2v) is 6.91. The zero-order valence-electron chi connectivity index (χ0n) is 14.1. The third-order valence-corrected chi connectivity index (χ3v) is 4.86. The van der Waals surface area contributed by atoms with Gasteiger partial charge in [-0.15, -0.1) is 11.3 Å². The van der Waals surface area contributed by atoms with E-state index in [0.717, 1.165) is 22.0 Å². The number of anilines is 1. The van der Waals surface area contributed by atoms with E-state index in [1.165, 1.54) is 28.0 Å². The first-order valence-corrected chi connectivity index (χ1v) is 8.78. The minimum Gasteiger partial charge on any atom is -0.326 e. The summed E-state index contributed by atoms with van der Waals surface area (Å²) in [5.41, 5.74) is 6.65. The van der Waals surface area contributed by atoms with Crippen molar-refractivity contribution in [2.24, 2.45) is 0 Å². The molecule has 0 bridgehead atoms. The number of carbonyl (C=O) groups is 1. The van der Waals surface area contributed by atoms with Gasteiger partial charge < -0.3 is 5.32 Å². The molecular weight excluding hydrogens is 316 g/mol. The van der Waals surface area contributed by atoms with Crippen LogP contribution in [0.25, 0.3) is 11.3 Å². The van der Waals surface area contributed by atoms with Crippen molar-refractivity contribution in [1.82, 2.24) is 4.98 Å². The number of para-hydroxylation sites is 1. The van der Waals surface area contributed by atoms with Gasteiger partial charge in [0.15, 0.2) is 0 Å². The van der Waals surface area contributed by atoms with Crippen LogP contribution < -0.4 is 5.32 Å². The van der Waals surface area contributed by atoms with Gasteiger partial charge in [-0.1, -0.05) is 29.8 Å². The topological polar surface area (TPSA) is 42.0 Å². The summed E-state index contributed by atoms with van der Waals surface area (Å²) >= 11 is 1.53. The predicted molar refractivity (Wildman–Crippen MR) is 101 cm³/mol. The van der Waals surface area contributed by atoms with E-state index in [9.17, 15) is 4.79 Å². The molecule has 1 heterocycles. The molecule has 0 aliphatic heterocycles. The first kappa shape index (κ1) is 16.4. The molecule has 3 aromatic rings. The highest BCUT2D eigenvalue weighted by atomic mass is 32.1. The third kappa shape index (κ3) is 3.71. The van der Waals surface area contributed by atoms with Gasteiger partial charge in [0.1, 0.15) is 5.01 Å². The van der Waals surface area contributed by atoms with Crippen molar-refractivity contribution < 1.29 is 4.79 Å². The lowest BCUT2D eigenvalue weighted by atomic mass is 9.98. The molecule has 0 aliphatic rings. The smallest absolute Gasteiger partial charge is 0.231 e. The van der Waals surface area contributed by atoms with E-state index in [0.29, 0.717) is 6.42 Å². The van der Waals surface area contributed by atoms with Crippen molar-refractivity contribution >= 4 is 22.9 Å². The van der Waals surface area contributed by atoms with Gasteiger partial charge in [0.25, 0.3) is 0 Å². The van der Waals surface area contributed by atoms with Crippen LogP contribution >= 0.6 is 11.3 Å². The normalized spacial score (nSPS) is 10.6. The van der Waals surface area contributed by atoms with Crippen LogP contribution in [-0.2, 0) is 11.2 Å². The van der Waals surface area contributed by atoms with Gasteiger partial charge in [0.05, 0.1) is 12.1 Å². The van der Waals surface area contributed by atoms with Crippen LogP contribution in [0.5, 0.6) is 0 Å². The van der Waals surface area contributed by atoms with Gasteiger partial charge in [-0.2, -0.15) is 0 Å². The van der Waals surface area contributed by atoms with E-state index in [2.05, 4.69) is 43.2 Å². The van der Waals surface area contributed by atoms with Crippen LogP contribution in [0, 0.1) is 20.8 Å². The van der Waals surface area contributed by atoms with Gasteiger partial charge in [0.2, 0.25) is 5.91 Å². The molecule has 2 aromatic carbocycles. The molecule has 0 fully saturated rings. The number of hydrogen-bond acceptors (Lipinski definition) is 3. The molecule has 0 unspecified atom stereocenters. The van der Waals surface area contributed by atoms with Gasteiger partial charge >= 0.3 is 0 Å². The first-order valence-electron chi connectivity index (χ1n) is 7.90. The van der Waals surface area contributed by atoms with E-state index in [1.807, 2.05) is 35.7 Å². The SMILES string of the molecule is Cc1cc(C)c(C)c(-c2csc(CC(=O)Nc3ccccc3)n2)c1. The Bertz CT molecular complexity index is 869. The number of benzene rings is 2. The number of nitrogens with one attached hydrogen (secondary N) is 1. The van der Waals surface area contributed by atoms with Crippen LogP contribution in [0.15, 0.2) is 47.8 Å². The Morgan fingerprint density at radius 1 is 1.12 bits per heavy atom. The summed E-state index contributed by atoms with van der Waals surface area (Å²) in [5.74, 6) is -0.0424. The van der Waals surface area contributed by atoms with Crippen molar-refractivity contribution in [3.63, 3.8) is 0 Å². The Morgan fingerprint density at radius 2 is 1.88 bits per heavy atom. The number of hydrogen-bond donors (Lipinski definition) is 1. The number of aromatic nitrogens is 1. The molecular formula is C20H20N2OS. The van der Waals surface area contributed by atoms with Gasteiger partial charge in [-0.05, 0) is 50.1 Å². The number of aryl methyl sites for hydroxylation is 2. The molecule has 0 saturated heterocycles. The Hall–Kier alpha value is -2.46. The second kappa shape index (κ2) is 6.97. The maximum Gasteiger partial charge on any atom is 0.231 e. The monoisotopic (exact) mass is 336 g/mol. The number of amides is 1. The molecule has 0 aliphatic carbocycles. The van der Waals surface area contributed by atoms with E-state index >= 15 is 0 Å². The zero-order chi connectivity index (χ0) is 17.1. The molecule has 1 N–H and O–H groups in total. The summed E-state index contributed by atoms with van der Waals surface area (Å²) in [7, 11) is 0. The minimum atomic E-state index is -0.0424. The highest BCUT2D eigenvalue weighted by molar-refractivity contribution is 7.10. The fraction of sp³-hybridized carbons (Fsp3) is 0.200. The second-order valence-electron chi connectivity index (χ2n) is 5.97. The first-order chi connectivity index (χ1) is 11.5. The predicted octanol–water partition coefficient (Wildman–Crippen LogP) is 4.92. The van der Waals surface area contributed by atoms with Crippen LogP contribution in [-0.4, -0.2) is 10.9 Å². The fourth-order valence-electron chi connectivity index (χ4n) is 2.69. The maximum atomic E-state index is 12.2. The summed E-state index contributed by atoms with van der Waals surface area (Å²) in [6.07, 6.45) is 0.295. The van der Waals surface area contributed by atoms with Crippen LogP contribution in [0.3, 0.4) is 0 Å². The van der Waals surface area contributed by atoms with Crippen LogP contribution in [0.4, 0.5) is 5.69 Å². The third-order valence-electron chi connectivity index (χ3n) is 4.01. The Morgan fingerprint density at radius 3 is 2.62 bits per heavy atom. The Labute approximate surface area is 146 Å². The number of thiazole rings is 1. The molecule has 1 aromatic heterocycles. The van der Waals surface area contributed by atoms with Gasteiger partial charge in [-0.25, -0.2) is 4.98 Å². The Kier molecular flexibility index (Phi) is 4.76. The lowest BCUT2D eigenvalue weighted by Gasteiger charge is -2.08. The van der Waals surface area contributed by atoms with Crippen molar-refractivity contribution in [2.45, 2.75) is 27.2 Å². The highest BCUT2D eigenvalue weighted by Gasteiger charge is 2.12. The number of carbonyl (C=O) groups excluding carboxylic acids is 1. The summed E-state index contributed by atoms with van der Waals surface area (Å²) in [4.78, 5) is 16.8. The van der Waals surface area contributed by atoms with E-state index in [1.54, 1.807) is 0 Å². The van der Waals surface area contributed by atoms with Crippen molar-refractivity contribution in [3.05, 3.63) is 69.5 Å². The van der Waals surface area contributed by atoms with Gasteiger partial charge in [0, 0.05) is 16.6 Å². The van der Waals surface area contributed by atoms with Crippen molar-refractivity contribution in [1.29, 1.82) is 0 Å². The molecule has 24 heavy (non-hydrogen) atoms. The Balaban J connectivity index is 1.75. The number of rotatable bonds is 4. The summed E-state index contributed by atoms with van der Waals surface area (Å²) in [6, 6.07) is 13.8. The quantitative estimate of drug-likeness (QED) is 0.735. The van der Waals surface area contributed by atoms with Crippen LogP contribution in [0.1, 0.15) is 21.7 Å². The number of nitrogens with zero attached hydrogens (tertiary/aromatic N) is 1. The van der Waals surface area contributed by atoms with E-state index in [-0.39, 0.29) is 5.91 Å². The standard InChI is InChI=1S/C20H20N2OS/c1-13-9-14(2)15(3)17(10-13)18-12-24-20(22-18)11-19(23)21-16-7-5-4-6-8-16/h4-10,12H,11H2,1-3H3,(H,21,23). The van der Waals surface area contributed by atoms with Crippen LogP contribution in [0.2, 0.25) is 0 Å². The molecule has 0 atom stereocenters. The lowest BCUT2D eigenvalue weighted by Crippen LogP contribution is -2.14. The lowest BCUT2D eigenvalue weighted by molar-refractivity contribution is -0.115. The minimum absolute atomic E-state index is 0.0424. The van der Waals surface area contributed by atoms with Crippen molar-refractivity contribution in [3.8, 4) is 11.3 Å². The molecule has 3 nitrogen and oxygen atoms in total. The fourth-order valence-corrected chi connectivity index (χ4v) is 3.48. The maximum absolute atomic E-state index is 12.2. The van der Waals surface area contributed by atoms with Crippen molar-refractivity contribution in [2.75, 3.05) is 5.32 Å². The molecule has 4 heteroatoms.